The number of ether oxygens (including phenoxy) is 1. The van der Waals surface area contributed by atoms with Crippen molar-refractivity contribution < 1.29 is 9.84 Å². The van der Waals surface area contributed by atoms with Crippen molar-refractivity contribution in [3.05, 3.63) is 23.8 Å². The van der Waals surface area contributed by atoms with Gasteiger partial charge in [0.25, 0.3) is 0 Å². The van der Waals surface area contributed by atoms with Crippen LogP contribution in [0.3, 0.4) is 0 Å². The molecular weight excluding hydrogens is 192 g/mol. The third-order valence-electron chi connectivity index (χ3n) is 1.87. The van der Waals surface area contributed by atoms with Gasteiger partial charge in [-0.05, 0) is 32.0 Å². The Morgan fingerprint density at radius 2 is 2.13 bits per heavy atom. The normalized spacial score (nSPS) is 11.9. The zero-order chi connectivity index (χ0) is 11.4. The first-order valence-electron chi connectivity index (χ1n) is 4.75. The first kappa shape index (κ1) is 11.4. The Kier molecular flexibility index (Phi) is 3.55. The number of amidine groups is 1. The number of phenolic OH excluding ortho intramolecular Hbond substituents is 1. The fourth-order valence-electron chi connectivity index (χ4n) is 1.19. The predicted molar refractivity (Wildman–Crippen MR) is 60.5 cm³/mol. The van der Waals surface area contributed by atoms with Gasteiger partial charge in [0.1, 0.15) is 5.84 Å². The molecule has 4 heteroatoms. The maximum Gasteiger partial charge on any atom is 0.161 e. The lowest BCUT2D eigenvalue weighted by molar-refractivity contribution is 0.373. The summed E-state index contributed by atoms with van der Waals surface area (Å²) in [5.74, 6) is 0.941. The Morgan fingerprint density at radius 3 is 2.67 bits per heavy atom. The van der Waals surface area contributed by atoms with Crippen LogP contribution in [0.2, 0.25) is 0 Å². The van der Waals surface area contributed by atoms with E-state index in [1.807, 2.05) is 13.8 Å². The zero-order valence-electron chi connectivity index (χ0n) is 9.19. The molecule has 3 N–H and O–H groups in total. The van der Waals surface area contributed by atoms with Crippen LogP contribution in [0.5, 0.6) is 11.5 Å². The topological polar surface area (TPSA) is 67.8 Å². The first-order chi connectivity index (χ1) is 7.04. The minimum atomic E-state index is 0.0959. The fraction of sp³-hybridized carbons (Fsp3) is 0.364. The van der Waals surface area contributed by atoms with Crippen LogP contribution >= 0.6 is 0 Å². The molecule has 0 unspecified atom stereocenters. The number of hydrogen-bond acceptors (Lipinski definition) is 3. The lowest BCUT2D eigenvalue weighted by atomic mass is 10.2. The molecule has 0 amide bonds. The maximum absolute atomic E-state index is 9.39. The average molecular weight is 208 g/mol. The van der Waals surface area contributed by atoms with E-state index in [9.17, 15) is 5.11 Å². The fourth-order valence-corrected chi connectivity index (χ4v) is 1.19. The highest BCUT2D eigenvalue weighted by atomic mass is 16.5. The molecule has 0 saturated carbocycles. The summed E-state index contributed by atoms with van der Waals surface area (Å²) in [6.07, 6.45) is 0. The van der Waals surface area contributed by atoms with Crippen molar-refractivity contribution in [2.24, 2.45) is 10.7 Å². The summed E-state index contributed by atoms with van der Waals surface area (Å²) in [6, 6.07) is 5.05. The molecule has 15 heavy (non-hydrogen) atoms. The standard InChI is InChI=1S/C11H16N2O2/c1-7(2)13-11(12)8-4-5-9(14)10(6-8)15-3/h4-7,14H,1-3H3,(H2,12,13). The summed E-state index contributed by atoms with van der Waals surface area (Å²) >= 11 is 0. The van der Waals surface area contributed by atoms with E-state index >= 15 is 0 Å². The highest BCUT2D eigenvalue weighted by Crippen LogP contribution is 2.26. The second-order valence-corrected chi connectivity index (χ2v) is 3.49. The number of phenols is 1. The number of methoxy groups -OCH3 is 1. The van der Waals surface area contributed by atoms with Gasteiger partial charge >= 0.3 is 0 Å². The summed E-state index contributed by atoms with van der Waals surface area (Å²) < 4.78 is 4.98. The van der Waals surface area contributed by atoms with E-state index in [0.717, 1.165) is 5.56 Å². The SMILES string of the molecule is COc1cc(C(N)=NC(C)C)ccc1O. The molecule has 0 bridgehead atoms. The number of rotatable bonds is 3. The highest BCUT2D eigenvalue weighted by molar-refractivity contribution is 5.98. The Balaban J connectivity index is 3.06. The Labute approximate surface area is 89.4 Å². The van der Waals surface area contributed by atoms with Crippen LogP contribution in [-0.2, 0) is 0 Å². The van der Waals surface area contributed by atoms with E-state index < -0.39 is 0 Å². The van der Waals surface area contributed by atoms with Crippen LogP contribution in [0, 0.1) is 0 Å². The van der Waals surface area contributed by atoms with E-state index in [2.05, 4.69) is 4.99 Å². The molecule has 0 aliphatic heterocycles. The molecule has 0 fully saturated rings. The van der Waals surface area contributed by atoms with Crippen molar-refractivity contribution in [1.29, 1.82) is 0 Å². The lowest BCUT2D eigenvalue weighted by Gasteiger charge is -2.07. The Morgan fingerprint density at radius 1 is 1.47 bits per heavy atom. The molecule has 1 aromatic rings. The van der Waals surface area contributed by atoms with Gasteiger partial charge in [0, 0.05) is 11.6 Å². The summed E-state index contributed by atoms with van der Waals surface area (Å²) in [7, 11) is 1.49. The molecule has 0 heterocycles. The molecule has 0 aliphatic carbocycles. The number of benzene rings is 1. The molecule has 1 aromatic carbocycles. The third kappa shape index (κ3) is 2.87. The molecule has 0 saturated heterocycles. The van der Waals surface area contributed by atoms with Crippen molar-refractivity contribution >= 4 is 5.84 Å². The van der Waals surface area contributed by atoms with Crippen molar-refractivity contribution in [2.75, 3.05) is 7.11 Å². The van der Waals surface area contributed by atoms with Gasteiger partial charge in [-0.3, -0.25) is 4.99 Å². The lowest BCUT2D eigenvalue weighted by Crippen LogP contribution is -2.15. The van der Waals surface area contributed by atoms with Crippen molar-refractivity contribution in [1.82, 2.24) is 0 Å². The Hall–Kier alpha value is -1.71. The third-order valence-corrected chi connectivity index (χ3v) is 1.87. The number of nitrogens with zero attached hydrogens (tertiary/aromatic N) is 1. The minimum Gasteiger partial charge on any atom is -0.504 e. The highest BCUT2D eigenvalue weighted by Gasteiger charge is 2.05. The number of aliphatic imine (C=N–C) groups is 1. The van der Waals surface area contributed by atoms with Gasteiger partial charge in [0.2, 0.25) is 0 Å². The molecule has 0 aromatic heterocycles. The van der Waals surface area contributed by atoms with Crippen molar-refractivity contribution in [2.45, 2.75) is 19.9 Å². The largest absolute Gasteiger partial charge is 0.504 e. The quantitative estimate of drug-likeness (QED) is 0.584. The van der Waals surface area contributed by atoms with E-state index in [4.69, 9.17) is 10.5 Å². The second kappa shape index (κ2) is 4.68. The van der Waals surface area contributed by atoms with E-state index in [1.165, 1.54) is 13.2 Å². The van der Waals surface area contributed by atoms with Gasteiger partial charge in [0.05, 0.1) is 7.11 Å². The van der Waals surface area contributed by atoms with Crippen molar-refractivity contribution in [3.8, 4) is 11.5 Å². The number of hydrogen-bond donors (Lipinski definition) is 2. The van der Waals surface area contributed by atoms with Gasteiger partial charge in [-0.25, -0.2) is 0 Å². The second-order valence-electron chi connectivity index (χ2n) is 3.49. The molecule has 0 spiro atoms. The molecular formula is C11H16N2O2. The molecule has 0 aliphatic rings. The van der Waals surface area contributed by atoms with Crippen LogP contribution in [0.15, 0.2) is 23.2 Å². The van der Waals surface area contributed by atoms with E-state index in [1.54, 1.807) is 12.1 Å². The predicted octanol–water partition coefficient (Wildman–Crippen LogP) is 1.51. The molecule has 0 radical (unpaired) electrons. The molecule has 0 atom stereocenters. The smallest absolute Gasteiger partial charge is 0.161 e. The van der Waals surface area contributed by atoms with Gasteiger partial charge in [-0.15, -0.1) is 0 Å². The zero-order valence-corrected chi connectivity index (χ0v) is 9.19. The number of nitrogens with two attached hydrogens (primary N) is 1. The summed E-state index contributed by atoms with van der Waals surface area (Å²) in [5, 5.41) is 9.39. The van der Waals surface area contributed by atoms with Crippen molar-refractivity contribution in [3.63, 3.8) is 0 Å². The van der Waals surface area contributed by atoms with Gasteiger partial charge in [-0.1, -0.05) is 0 Å². The molecule has 4 nitrogen and oxygen atoms in total. The molecule has 82 valence electrons. The van der Waals surface area contributed by atoms with Gasteiger partial charge in [-0.2, -0.15) is 0 Å². The van der Waals surface area contributed by atoms with Gasteiger partial charge in [0.15, 0.2) is 11.5 Å². The summed E-state index contributed by atoms with van der Waals surface area (Å²) in [5.41, 5.74) is 6.53. The maximum atomic E-state index is 9.39. The first-order valence-corrected chi connectivity index (χ1v) is 4.75. The van der Waals surface area contributed by atoms with E-state index in [-0.39, 0.29) is 11.8 Å². The monoisotopic (exact) mass is 208 g/mol. The average Bonchev–Trinajstić information content (AvgIpc) is 2.17. The van der Waals surface area contributed by atoms with Gasteiger partial charge < -0.3 is 15.6 Å². The van der Waals surface area contributed by atoms with Crippen LogP contribution in [-0.4, -0.2) is 24.1 Å². The van der Waals surface area contributed by atoms with Crippen LogP contribution in [0.25, 0.3) is 0 Å². The Bertz CT molecular complexity index is 373. The van der Waals surface area contributed by atoms with Crippen LogP contribution < -0.4 is 10.5 Å². The number of aromatic hydroxyl groups is 1. The minimum absolute atomic E-state index is 0.0959. The summed E-state index contributed by atoms with van der Waals surface area (Å²) in [6.45, 7) is 3.90. The van der Waals surface area contributed by atoms with E-state index in [0.29, 0.717) is 11.6 Å². The van der Waals surface area contributed by atoms with Crippen LogP contribution in [0.4, 0.5) is 0 Å². The summed E-state index contributed by atoms with van der Waals surface area (Å²) in [4.78, 5) is 4.21. The van der Waals surface area contributed by atoms with Crippen LogP contribution in [0.1, 0.15) is 19.4 Å². The molecule has 1 rings (SSSR count).